The zero-order chi connectivity index (χ0) is 17.6. The summed E-state index contributed by atoms with van der Waals surface area (Å²) < 4.78 is 5.32. The van der Waals surface area contributed by atoms with Crippen LogP contribution >= 0.6 is 11.6 Å². The fourth-order valence-electron chi connectivity index (χ4n) is 3.28. The van der Waals surface area contributed by atoms with Crippen LogP contribution in [0.15, 0.2) is 24.3 Å². The molecule has 136 valence electrons. The molecule has 2 amide bonds. The molecule has 0 spiro atoms. The van der Waals surface area contributed by atoms with Gasteiger partial charge in [0, 0.05) is 45.3 Å². The number of benzene rings is 1. The van der Waals surface area contributed by atoms with E-state index in [9.17, 15) is 9.59 Å². The highest BCUT2D eigenvalue weighted by atomic mass is 35.5. The zero-order valence-corrected chi connectivity index (χ0v) is 15.0. The molecule has 25 heavy (non-hydrogen) atoms. The lowest BCUT2D eigenvalue weighted by molar-refractivity contribution is -0.140. The standard InChI is InChI=1S/C18H24ClN3O3/c19-15-3-1-2-4-16(15)20-17(23)13-21-7-9-22(10-8-21)18(24)14-5-11-25-12-6-14/h1-4,14H,5-13H2,(H,20,23). The number of nitrogens with one attached hydrogen (secondary N) is 1. The van der Waals surface area contributed by atoms with Gasteiger partial charge in [-0.25, -0.2) is 0 Å². The fourth-order valence-corrected chi connectivity index (χ4v) is 3.47. The number of amides is 2. The number of para-hydroxylation sites is 1. The number of ether oxygens (including phenoxy) is 1. The Morgan fingerprint density at radius 1 is 1.12 bits per heavy atom. The quantitative estimate of drug-likeness (QED) is 0.884. The van der Waals surface area contributed by atoms with Gasteiger partial charge in [-0.1, -0.05) is 23.7 Å². The molecule has 1 aromatic carbocycles. The Hall–Kier alpha value is -1.63. The van der Waals surface area contributed by atoms with Crippen LogP contribution in [0.4, 0.5) is 5.69 Å². The molecule has 6 nitrogen and oxygen atoms in total. The summed E-state index contributed by atoms with van der Waals surface area (Å²) in [6.07, 6.45) is 1.64. The second-order valence-electron chi connectivity index (χ2n) is 6.52. The second kappa shape index (κ2) is 8.65. The monoisotopic (exact) mass is 365 g/mol. The van der Waals surface area contributed by atoms with E-state index in [0.29, 0.717) is 56.6 Å². The van der Waals surface area contributed by atoms with E-state index < -0.39 is 0 Å². The van der Waals surface area contributed by atoms with Crippen molar-refractivity contribution in [1.82, 2.24) is 9.80 Å². The molecule has 2 heterocycles. The summed E-state index contributed by atoms with van der Waals surface area (Å²) >= 11 is 6.06. The minimum absolute atomic E-state index is 0.0858. The summed E-state index contributed by atoms with van der Waals surface area (Å²) in [6, 6.07) is 7.19. The first-order valence-electron chi connectivity index (χ1n) is 8.77. The number of hydrogen-bond acceptors (Lipinski definition) is 4. The molecule has 0 bridgehead atoms. The number of nitrogens with zero attached hydrogens (tertiary/aromatic N) is 2. The molecule has 2 fully saturated rings. The van der Waals surface area contributed by atoms with Crippen LogP contribution in [0.1, 0.15) is 12.8 Å². The Balaban J connectivity index is 1.43. The van der Waals surface area contributed by atoms with Crippen LogP contribution in [0.5, 0.6) is 0 Å². The topological polar surface area (TPSA) is 61.9 Å². The zero-order valence-electron chi connectivity index (χ0n) is 14.2. The van der Waals surface area contributed by atoms with Gasteiger partial charge in [-0.15, -0.1) is 0 Å². The number of anilines is 1. The average Bonchev–Trinajstić information content (AvgIpc) is 2.64. The van der Waals surface area contributed by atoms with Crippen molar-refractivity contribution in [1.29, 1.82) is 0 Å². The Morgan fingerprint density at radius 3 is 2.48 bits per heavy atom. The van der Waals surface area contributed by atoms with E-state index in [1.54, 1.807) is 12.1 Å². The van der Waals surface area contributed by atoms with Gasteiger partial charge in [0.25, 0.3) is 0 Å². The van der Waals surface area contributed by atoms with Crippen LogP contribution < -0.4 is 5.32 Å². The van der Waals surface area contributed by atoms with Crippen molar-refractivity contribution in [2.75, 3.05) is 51.3 Å². The average molecular weight is 366 g/mol. The summed E-state index contributed by atoms with van der Waals surface area (Å²) in [4.78, 5) is 28.7. The minimum atomic E-state index is -0.0858. The number of rotatable bonds is 4. The summed E-state index contributed by atoms with van der Waals surface area (Å²) in [5, 5.41) is 3.37. The normalized spacial score (nSPS) is 19.6. The first kappa shape index (κ1) is 18.2. The van der Waals surface area contributed by atoms with Crippen LogP contribution in [0.2, 0.25) is 5.02 Å². The number of carbonyl (C=O) groups excluding carboxylic acids is 2. The maximum absolute atomic E-state index is 12.5. The molecule has 2 saturated heterocycles. The van der Waals surface area contributed by atoms with E-state index >= 15 is 0 Å². The van der Waals surface area contributed by atoms with Crippen molar-refractivity contribution in [2.24, 2.45) is 5.92 Å². The van der Waals surface area contributed by atoms with Crippen LogP contribution in [-0.4, -0.2) is 67.6 Å². The van der Waals surface area contributed by atoms with Gasteiger partial charge in [0.05, 0.1) is 17.3 Å². The number of halogens is 1. The van der Waals surface area contributed by atoms with Crippen LogP contribution in [0.3, 0.4) is 0 Å². The van der Waals surface area contributed by atoms with Crippen LogP contribution in [0, 0.1) is 5.92 Å². The summed E-state index contributed by atoms with van der Waals surface area (Å²) in [7, 11) is 0. The molecule has 1 aromatic rings. The molecule has 3 rings (SSSR count). The van der Waals surface area contributed by atoms with Gasteiger partial charge in [-0.05, 0) is 25.0 Å². The first-order valence-corrected chi connectivity index (χ1v) is 9.14. The SMILES string of the molecule is O=C(CN1CCN(C(=O)C2CCOCC2)CC1)Nc1ccccc1Cl. The molecule has 0 unspecified atom stereocenters. The van der Waals surface area contributed by atoms with Crippen molar-refractivity contribution < 1.29 is 14.3 Å². The van der Waals surface area contributed by atoms with Crippen molar-refractivity contribution in [3.8, 4) is 0 Å². The van der Waals surface area contributed by atoms with E-state index in [1.165, 1.54) is 0 Å². The first-order chi connectivity index (χ1) is 12.1. The number of hydrogen-bond donors (Lipinski definition) is 1. The Morgan fingerprint density at radius 2 is 1.80 bits per heavy atom. The lowest BCUT2D eigenvalue weighted by Crippen LogP contribution is -2.52. The van der Waals surface area contributed by atoms with Crippen molar-refractivity contribution >= 4 is 29.1 Å². The molecule has 7 heteroatoms. The largest absolute Gasteiger partial charge is 0.381 e. The third kappa shape index (κ3) is 4.93. The maximum atomic E-state index is 12.5. The minimum Gasteiger partial charge on any atom is -0.381 e. The van der Waals surface area contributed by atoms with Crippen LogP contribution in [-0.2, 0) is 14.3 Å². The van der Waals surface area contributed by atoms with E-state index in [1.807, 2.05) is 17.0 Å². The lowest BCUT2D eigenvalue weighted by atomic mass is 9.98. The van der Waals surface area contributed by atoms with E-state index in [-0.39, 0.29) is 17.7 Å². The lowest BCUT2D eigenvalue weighted by Gasteiger charge is -2.36. The van der Waals surface area contributed by atoms with Gasteiger partial charge in [-0.3, -0.25) is 14.5 Å². The van der Waals surface area contributed by atoms with Gasteiger partial charge in [0.2, 0.25) is 11.8 Å². The van der Waals surface area contributed by atoms with Gasteiger partial charge in [-0.2, -0.15) is 0 Å². The fraction of sp³-hybridized carbons (Fsp3) is 0.556. The number of carbonyl (C=O) groups is 2. The summed E-state index contributed by atoms with van der Waals surface area (Å²) in [5.74, 6) is 0.254. The highest BCUT2D eigenvalue weighted by molar-refractivity contribution is 6.33. The van der Waals surface area contributed by atoms with Crippen molar-refractivity contribution in [2.45, 2.75) is 12.8 Å². The molecule has 0 saturated carbocycles. The van der Waals surface area contributed by atoms with E-state index in [4.69, 9.17) is 16.3 Å². The van der Waals surface area contributed by atoms with Gasteiger partial charge in [0.1, 0.15) is 0 Å². The van der Waals surface area contributed by atoms with Crippen molar-refractivity contribution in [3.63, 3.8) is 0 Å². The molecular formula is C18H24ClN3O3. The molecule has 2 aliphatic heterocycles. The molecule has 1 N–H and O–H groups in total. The molecular weight excluding hydrogens is 342 g/mol. The highest BCUT2D eigenvalue weighted by Crippen LogP contribution is 2.21. The van der Waals surface area contributed by atoms with Gasteiger partial charge < -0.3 is 15.0 Å². The summed E-state index contributed by atoms with van der Waals surface area (Å²) in [5.41, 5.74) is 0.627. The van der Waals surface area contributed by atoms with E-state index in [2.05, 4.69) is 10.2 Å². The molecule has 2 aliphatic rings. The third-order valence-electron chi connectivity index (χ3n) is 4.77. The molecule has 0 atom stereocenters. The summed E-state index contributed by atoms with van der Waals surface area (Å²) in [6.45, 7) is 4.45. The molecule has 0 radical (unpaired) electrons. The van der Waals surface area contributed by atoms with E-state index in [0.717, 1.165) is 12.8 Å². The Labute approximate surface area is 153 Å². The maximum Gasteiger partial charge on any atom is 0.238 e. The van der Waals surface area contributed by atoms with Gasteiger partial charge >= 0.3 is 0 Å². The smallest absolute Gasteiger partial charge is 0.238 e. The van der Waals surface area contributed by atoms with Gasteiger partial charge in [0.15, 0.2) is 0 Å². The Kier molecular flexibility index (Phi) is 6.29. The van der Waals surface area contributed by atoms with Crippen LogP contribution in [0.25, 0.3) is 0 Å². The predicted molar refractivity (Wildman–Crippen MR) is 96.6 cm³/mol. The Bertz CT molecular complexity index is 611. The second-order valence-corrected chi connectivity index (χ2v) is 6.92. The molecule has 0 aliphatic carbocycles. The molecule has 0 aromatic heterocycles. The predicted octanol–water partition coefficient (Wildman–Crippen LogP) is 1.85. The highest BCUT2D eigenvalue weighted by Gasteiger charge is 2.29. The van der Waals surface area contributed by atoms with Crippen molar-refractivity contribution in [3.05, 3.63) is 29.3 Å². The third-order valence-corrected chi connectivity index (χ3v) is 5.10. The number of piperazine rings is 1.